The molecule has 2 fully saturated rings. The lowest BCUT2D eigenvalue weighted by Crippen LogP contribution is -2.42. The highest BCUT2D eigenvalue weighted by Gasteiger charge is 2.40. The molecular weight excluding hydrogens is 560 g/mol. The standard InChI is InChI=1S/C27H33F2N5O6S/c1-3-39-19-6-8-20(9-7-19)41(37,38)33-13-10-18(11-14-33)31-26-30-16-17-15-21(40-25(28)29)24(35)34(23(17)32-26)22-5-4-12-27(22,2)36/h6-9,15-16,18,22,25,36H,3-5,10-14H2,1-2H3,(H,30,31,32)/t22-,27-/m1/s1. The van der Waals surface area contributed by atoms with E-state index in [1.807, 2.05) is 6.92 Å². The largest absolute Gasteiger partial charge is 0.494 e. The number of alkyl halides is 2. The summed E-state index contributed by atoms with van der Waals surface area (Å²) in [5.41, 5.74) is -1.85. The molecule has 3 heterocycles. The molecule has 2 aromatic heterocycles. The van der Waals surface area contributed by atoms with Gasteiger partial charge in [0.1, 0.15) is 11.4 Å². The van der Waals surface area contributed by atoms with Crippen LogP contribution in [0.5, 0.6) is 11.5 Å². The number of hydrogen-bond acceptors (Lipinski definition) is 9. The second-order valence-corrected chi connectivity index (χ2v) is 12.5. The third-order valence-corrected chi connectivity index (χ3v) is 9.62. The van der Waals surface area contributed by atoms with E-state index in [0.717, 1.165) is 0 Å². The lowest BCUT2D eigenvalue weighted by molar-refractivity contribution is -0.0513. The Morgan fingerprint density at radius 1 is 1.20 bits per heavy atom. The Bertz CT molecular complexity index is 1560. The van der Waals surface area contributed by atoms with Crippen molar-refractivity contribution in [1.29, 1.82) is 0 Å². The number of rotatable bonds is 9. The molecule has 0 bridgehead atoms. The number of hydrogen-bond donors (Lipinski definition) is 2. The summed E-state index contributed by atoms with van der Waals surface area (Å²) >= 11 is 0. The SMILES string of the molecule is CCOc1ccc(S(=O)(=O)N2CCC(Nc3ncc4cc(OC(F)F)c(=O)n([C@@H]5CCC[C@@]5(C)O)c4n3)CC2)cc1. The molecule has 2 atom stereocenters. The number of aliphatic hydroxyl groups is 1. The smallest absolute Gasteiger partial charge is 0.387 e. The highest BCUT2D eigenvalue weighted by Crippen LogP contribution is 2.40. The lowest BCUT2D eigenvalue weighted by atomic mass is 10.00. The summed E-state index contributed by atoms with van der Waals surface area (Å²) < 4.78 is 64.9. The van der Waals surface area contributed by atoms with Crippen LogP contribution in [0.4, 0.5) is 14.7 Å². The monoisotopic (exact) mass is 593 g/mol. The van der Waals surface area contributed by atoms with Crippen molar-refractivity contribution in [3.05, 3.63) is 46.9 Å². The molecule has 0 unspecified atom stereocenters. The van der Waals surface area contributed by atoms with Crippen molar-refractivity contribution in [3.8, 4) is 11.5 Å². The van der Waals surface area contributed by atoms with Crippen LogP contribution in [0.15, 0.2) is 46.2 Å². The van der Waals surface area contributed by atoms with Gasteiger partial charge in [-0.1, -0.05) is 0 Å². The fourth-order valence-corrected chi connectivity index (χ4v) is 7.09. The van der Waals surface area contributed by atoms with Gasteiger partial charge in [-0.2, -0.15) is 18.1 Å². The van der Waals surface area contributed by atoms with Gasteiger partial charge < -0.3 is 19.9 Å². The molecular formula is C27H33F2N5O6S. The lowest BCUT2D eigenvalue weighted by Gasteiger charge is -2.32. The number of anilines is 1. The quantitative estimate of drug-likeness (QED) is 0.382. The van der Waals surface area contributed by atoms with Gasteiger partial charge >= 0.3 is 6.61 Å². The predicted molar refractivity (Wildman–Crippen MR) is 147 cm³/mol. The number of nitrogens with one attached hydrogen (secondary N) is 1. The topological polar surface area (TPSA) is 136 Å². The van der Waals surface area contributed by atoms with Crippen molar-refractivity contribution in [3.63, 3.8) is 0 Å². The van der Waals surface area contributed by atoms with Crippen LogP contribution in [-0.2, 0) is 10.0 Å². The van der Waals surface area contributed by atoms with Gasteiger partial charge in [0.2, 0.25) is 16.0 Å². The van der Waals surface area contributed by atoms with Crippen LogP contribution in [0.25, 0.3) is 11.0 Å². The Hall–Kier alpha value is -3.36. The Balaban J connectivity index is 1.35. The summed E-state index contributed by atoms with van der Waals surface area (Å²) in [5.74, 6) is 0.267. The van der Waals surface area contributed by atoms with E-state index in [1.54, 1.807) is 19.1 Å². The number of aromatic nitrogens is 3. The summed E-state index contributed by atoms with van der Waals surface area (Å²) in [4.78, 5) is 22.3. The Morgan fingerprint density at radius 3 is 2.51 bits per heavy atom. The van der Waals surface area contributed by atoms with Crippen LogP contribution >= 0.6 is 0 Å². The molecule has 1 saturated heterocycles. The number of pyridine rings is 1. The van der Waals surface area contributed by atoms with Crippen molar-refractivity contribution in [1.82, 2.24) is 18.8 Å². The van der Waals surface area contributed by atoms with Crippen molar-refractivity contribution in [2.45, 2.75) is 75.1 Å². The molecule has 0 radical (unpaired) electrons. The van der Waals surface area contributed by atoms with Crippen molar-refractivity contribution in [2.24, 2.45) is 0 Å². The molecule has 14 heteroatoms. The van der Waals surface area contributed by atoms with E-state index in [2.05, 4.69) is 20.0 Å². The number of piperidine rings is 1. The minimum atomic E-state index is -3.67. The van der Waals surface area contributed by atoms with Crippen LogP contribution < -0.4 is 20.3 Å². The van der Waals surface area contributed by atoms with Crippen LogP contribution in [0, 0.1) is 0 Å². The van der Waals surface area contributed by atoms with Gasteiger partial charge in [0.05, 0.1) is 23.1 Å². The Kier molecular flexibility index (Phi) is 8.17. The normalized spacial score (nSPS) is 22.3. The first-order valence-electron chi connectivity index (χ1n) is 13.6. The van der Waals surface area contributed by atoms with Gasteiger partial charge in [-0.25, -0.2) is 13.4 Å². The van der Waals surface area contributed by atoms with E-state index in [0.29, 0.717) is 49.8 Å². The van der Waals surface area contributed by atoms with E-state index in [4.69, 9.17) is 4.74 Å². The fourth-order valence-electron chi connectivity index (χ4n) is 5.62. The third kappa shape index (κ3) is 5.99. The van der Waals surface area contributed by atoms with Gasteiger partial charge in [-0.05, 0) is 76.3 Å². The van der Waals surface area contributed by atoms with Crippen LogP contribution in [-0.4, -0.2) is 70.3 Å². The zero-order valence-corrected chi connectivity index (χ0v) is 23.6. The van der Waals surface area contributed by atoms with Gasteiger partial charge in [-0.15, -0.1) is 0 Å². The molecule has 3 aromatic rings. The summed E-state index contributed by atoms with van der Waals surface area (Å²) in [6.45, 7) is 1.33. The summed E-state index contributed by atoms with van der Waals surface area (Å²) in [6.07, 6.45) is 3.95. The van der Waals surface area contributed by atoms with Crippen molar-refractivity contribution < 1.29 is 31.8 Å². The number of fused-ring (bicyclic) bond motifs is 1. The first-order chi connectivity index (χ1) is 19.5. The third-order valence-electron chi connectivity index (χ3n) is 7.71. The Morgan fingerprint density at radius 2 is 1.90 bits per heavy atom. The highest BCUT2D eigenvalue weighted by molar-refractivity contribution is 7.89. The predicted octanol–water partition coefficient (Wildman–Crippen LogP) is 3.53. The van der Waals surface area contributed by atoms with Crippen LogP contribution in [0.1, 0.15) is 52.0 Å². The summed E-state index contributed by atoms with van der Waals surface area (Å²) in [7, 11) is -3.67. The maximum atomic E-state index is 13.2. The van der Waals surface area contributed by atoms with E-state index in [-0.39, 0.29) is 35.6 Å². The van der Waals surface area contributed by atoms with E-state index in [1.165, 1.54) is 33.3 Å². The van der Waals surface area contributed by atoms with Gasteiger partial charge in [0, 0.05) is 30.7 Å². The van der Waals surface area contributed by atoms with E-state index < -0.39 is 39.6 Å². The van der Waals surface area contributed by atoms with Crippen LogP contribution in [0.3, 0.4) is 0 Å². The molecule has 5 rings (SSSR count). The maximum Gasteiger partial charge on any atom is 0.387 e. The minimum Gasteiger partial charge on any atom is -0.494 e. The number of ether oxygens (including phenoxy) is 2. The molecule has 2 N–H and O–H groups in total. The number of sulfonamides is 1. The second-order valence-electron chi connectivity index (χ2n) is 10.5. The van der Waals surface area contributed by atoms with Gasteiger partial charge in [-0.3, -0.25) is 9.36 Å². The van der Waals surface area contributed by atoms with Gasteiger partial charge in [0.25, 0.3) is 5.56 Å². The van der Waals surface area contributed by atoms with Crippen molar-refractivity contribution in [2.75, 3.05) is 25.0 Å². The van der Waals surface area contributed by atoms with E-state index in [9.17, 15) is 27.1 Å². The maximum absolute atomic E-state index is 13.2. The molecule has 1 aromatic carbocycles. The van der Waals surface area contributed by atoms with E-state index >= 15 is 0 Å². The molecule has 1 saturated carbocycles. The molecule has 41 heavy (non-hydrogen) atoms. The first-order valence-corrected chi connectivity index (χ1v) is 15.0. The molecule has 2 aliphatic rings. The summed E-state index contributed by atoms with van der Waals surface area (Å²) in [5, 5.41) is 14.5. The highest BCUT2D eigenvalue weighted by atomic mass is 32.2. The Labute approximate surface area is 236 Å². The fraction of sp³-hybridized carbons (Fsp3) is 0.519. The van der Waals surface area contributed by atoms with Crippen LogP contribution in [0.2, 0.25) is 0 Å². The minimum absolute atomic E-state index is 0.143. The molecule has 1 aliphatic heterocycles. The molecule has 0 amide bonds. The van der Waals surface area contributed by atoms with Gasteiger partial charge in [0.15, 0.2) is 5.75 Å². The summed E-state index contributed by atoms with van der Waals surface area (Å²) in [6, 6.07) is 6.69. The first kappa shape index (κ1) is 29.1. The number of halogens is 2. The molecule has 11 nitrogen and oxygen atoms in total. The molecule has 1 aliphatic carbocycles. The molecule has 222 valence electrons. The zero-order valence-electron chi connectivity index (χ0n) is 22.8. The average Bonchev–Trinajstić information content (AvgIpc) is 3.28. The van der Waals surface area contributed by atoms with Crippen molar-refractivity contribution >= 4 is 27.0 Å². The second kappa shape index (κ2) is 11.5. The number of benzene rings is 1. The zero-order chi connectivity index (χ0) is 29.4. The number of nitrogens with zero attached hydrogens (tertiary/aromatic N) is 4. The average molecular weight is 594 g/mol. The molecule has 0 spiro atoms.